The third-order valence-electron chi connectivity index (χ3n) is 2.80. The van der Waals surface area contributed by atoms with Gasteiger partial charge in [0.25, 0.3) is 5.91 Å². The molecule has 0 radical (unpaired) electrons. The first kappa shape index (κ1) is 15.5. The molecule has 0 unspecified atom stereocenters. The molecule has 0 aliphatic carbocycles. The summed E-state index contributed by atoms with van der Waals surface area (Å²) in [6, 6.07) is 4.34. The molecule has 0 saturated carbocycles. The molecule has 1 aromatic carbocycles. The van der Waals surface area contributed by atoms with E-state index in [9.17, 15) is 14.7 Å². The van der Waals surface area contributed by atoms with Crippen LogP contribution in [0.3, 0.4) is 0 Å². The smallest absolute Gasteiger partial charge is 0.360 e. The summed E-state index contributed by atoms with van der Waals surface area (Å²) in [5.74, 6) is -0.962. The summed E-state index contributed by atoms with van der Waals surface area (Å²) in [6.07, 6.45) is 1.33. The fourth-order valence-corrected chi connectivity index (χ4v) is 1.79. The van der Waals surface area contributed by atoms with Gasteiger partial charge in [0.15, 0.2) is 5.69 Å². The molecule has 8 nitrogen and oxygen atoms in total. The van der Waals surface area contributed by atoms with Crippen LogP contribution in [0.15, 0.2) is 24.4 Å². The molecule has 0 saturated heterocycles. The second-order valence-corrected chi connectivity index (χ2v) is 4.33. The Bertz CT molecular complexity index is 696. The van der Waals surface area contributed by atoms with E-state index >= 15 is 0 Å². The van der Waals surface area contributed by atoms with Crippen molar-refractivity contribution in [3.63, 3.8) is 0 Å². The van der Waals surface area contributed by atoms with Crippen molar-refractivity contribution in [3.8, 4) is 11.4 Å². The molecule has 0 fully saturated rings. The van der Waals surface area contributed by atoms with E-state index in [0.29, 0.717) is 12.1 Å². The second-order valence-electron chi connectivity index (χ2n) is 4.33. The molecular formula is C14H16N4O4. The topological polar surface area (TPSA) is 106 Å². The summed E-state index contributed by atoms with van der Waals surface area (Å²) in [4.78, 5) is 23.4. The summed E-state index contributed by atoms with van der Waals surface area (Å²) in [6.45, 7) is 4.21. The zero-order chi connectivity index (χ0) is 16.1. The van der Waals surface area contributed by atoms with Crippen molar-refractivity contribution in [2.24, 2.45) is 0 Å². The van der Waals surface area contributed by atoms with Gasteiger partial charge in [0, 0.05) is 12.1 Å². The normalized spacial score (nSPS) is 10.3. The number of phenols is 1. The summed E-state index contributed by atoms with van der Waals surface area (Å²) in [5.41, 5.74) is 0.624. The number of carbonyl (C=O) groups is 2. The van der Waals surface area contributed by atoms with Crippen LogP contribution in [0.2, 0.25) is 0 Å². The van der Waals surface area contributed by atoms with Gasteiger partial charge in [-0.05, 0) is 32.0 Å². The Balaban J connectivity index is 2.34. The van der Waals surface area contributed by atoms with Crippen LogP contribution in [0.25, 0.3) is 5.69 Å². The van der Waals surface area contributed by atoms with Crippen LogP contribution in [0.4, 0.5) is 0 Å². The quantitative estimate of drug-likeness (QED) is 0.795. The highest BCUT2D eigenvalue weighted by molar-refractivity contribution is 5.95. The minimum Gasteiger partial charge on any atom is -0.506 e. The van der Waals surface area contributed by atoms with E-state index in [4.69, 9.17) is 4.74 Å². The lowest BCUT2D eigenvalue weighted by Crippen LogP contribution is -2.22. The highest BCUT2D eigenvalue weighted by atomic mass is 16.5. The Morgan fingerprint density at radius 2 is 2.14 bits per heavy atom. The minimum absolute atomic E-state index is 0.0182. The van der Waals surface area contributed by atoms with Gasteiger partial charge in [-0.25, -0.2) is 9.48 Å². The maximum absolute atomic E-state index is 11.8. The lowest BCUT2D eigenvalue weighted by molar-refractivity contribution is 0.0519. The van der Waals surface area contributed by atoms with Crippen molar-refractivity contribution in [2.45, 2.75) is 13.8 Å². The Morgan fingerprint density at radius 1 is 1.36 bits per heavy atom. The van der Waals surface area contributed by atoms with E-state index < -0.39 is 5.97 Å². The molecular weight excluding hydrogens is 288 g/mol. The highest BCUT2D eigenvalue weighted by Crippen LogP contribution is 2.22. The average molecular weight is 304 g/mol. The van der Waals surface area contributed by atoms with Crippen LogP contribution in [0, 0.1) is 0 Å². The van der Waals surface area contributed by atoms with Gasteiger partial charge < -0.3 is 15.2 Å². The van der Waals surface area contributed by atoms with Gasteiger partial charge in [-0.3, -0.25) is 4.79 Å². The van der Waals surface area contributed by atoms with Crippen LogP contribution in [-0.4, -0.2) is 45.1 Å². The van der Waals surface area contributed by atoms with E-state index in [1.54, 1.807) is 6.92 Å². The number of benzene rings is 1. The zero-order valence-corrected chi connectivity index (χ0v) is 12.2. The van der Waals surface area contributed by atoms with Crippen LogP contribution < -0.4 is 5.32 Å². The predicted molar refractivity (Wildman–Crippen MR) is 77.0 cm³/mol. The van der Waals surface area contributed by atoms with Gasteiger partial charge in [-0.15, -0.1) is 5.10 Å². The molecule has 116 valence electrons. The molecule has 2 N–H and O–H groups in total. The Kier molecular flexibility index (Phi) is 4.72. The van der Waals surface area contributed by atoms with Crippen molar-refractivity contribution in [3.05, 3.63) is 35.7 Å². The van der Waals surface area contributed by atoms with Crippen molar-refractivity contribution in [1.82, 2.24) is 20.3 Å². The number of ether oxygens (including phenoxy) is 1. The fraction of sp³-hybridized carbons (Fsp3) is 0.286. The first-order valence-corrected chi connectivity index (χ1v) is 6.77. The standard InChI is InChI=1S/C14H16N4O4/c1-3-15-13(20)9-5-6-12(19)11(7-9)18-8-10(16-17-18)14(21)22-4-2/h5-8,19H,3-4H2,1-2H3,(H,15,20). The predicted octanol–water partition coefficient (Wildman–Crippen LogP) is 0.899. The number of rotatable bonds is 5. The van der Waals surface area contributed by atoms with Crippen molar-refractivity contribution < 1.29 is 19.4 Å². The molecule has 0 aliphatic rings. The minimum atomic E-state index is -0.604. The third kappa shape index (κ3) is 3.22. The highest BCUT2D eigenvalue weighted by Gasteiger charge is 2.15. The maximum atomic E-state index is 11.8. The molecule has 1 aromatic heterocycles. The number of nitrogens with zero attached hydrogens (tertiary/aromatic N) is 3. The summed E-state index contributed by atoms with van der Waals surface area (Å²) in [5, 5.41) is 20.0. The van der Waals surface area contributed by atoms with Crippen molar-refractivity contribution >= 4 is 11.9 Å². The number of hydrogen-bond donors (Lipinski definition) is 2. The van der Waals surface area contributed by atoms with Crippen LogP contribution in [-0.2, 0) is 4.74 Å². The summed E-state index contributed by atoms with van der Waals surface area (Å²) < 4.78 is 6.03. The summed E-state index contributed by atoms with van der Waals surface area (Å²) in [7, 11) is 0. The molecule has 0 bridgehead atoms. The molecule has 1 heterocycles. The summed E-state index contributed by atoms with van der Waals surface area (Å²) >= 11 is 0. The lowest BCUT2D eigenvalue weighted by Gasteiger charge is -2.07. The van der Waals surface area contributed by atoms with E-state index in [0.717, 1.165) is 0 Å². The Morgan fingerprint density at radius 3 is 2.82 bits per heavy atom. The molecule has 0 atom stereocenters. The van der Waals surface area contributed by atoms with Gasteiger partial charge in [0.2, 0.25) is 0 Å². The number of carbonyl (C=O) groups excluding carboxylic acids is 2. The van der Waals surface area contributed by atoms with Gasteiger partial charge in [-0.1, -0.05) is 5.21 Å². The van der Waals surface area contributed by atoms with E-state index in [1.807, 2.05) is 6.92 Å². The number of esters is 1. The number of amides is 1. The second kappa shape index (κ2) is 6.70. The Labute approximate surface area is 126 Å². The maximum Gasteiger partial charge on any atom is 0.360 e. The average Bonchev–Trinajstić information content (AvgIpc) is 2.98. The molecule has 0 spiro atoms. The number of phenolic OH excluding ortho intramolecular Hbond substituents is 1. The van der Waals surface area contributed by atoms with Crippen LogP contribution in [0.5, 0.6) is 5.75 Å². The lowest BCUT2D eigenvalue weighted by atomic mass is 10.1. The van der Waals surface area contributed by atoms with E-state index in [2.05, 4.69) is 15.6 Å². The van der Waals surface area contributed by atoms with Gasteiger partial charge in [0.05, 0.1) is 12.8 Å². The Hall–Kier alpha value is -2.90. The fourth-order valence-electron chi connectivity index (χ4n) is 1.79. The molecule has 1 amide bonds. The van der Waals surface area contributed by atoms with Crippen molar-refractivity contribution in [2.75, 3.05) is 13.2 Å². The van der Waals surface area contributed by atoms with Gasteiger partial charge >= 0.3 is 5.97 Å². The molecule has 8 heteroatoms. The van der Waals surface area contributed by atoms with Crippen LogP contribution >= 0.6 is 0 Å². The van der Waals surface area contributed by atoms with E-state index in [-0.39, 0.29) is 29.6 Å². The third-order valence-corrected chi connectivity index (χ3v) is 2.80. The number of aromatic hydroxyl groups is 1. The SMILES string of the molecule is CCNC(=O)c1ccc(O)c(-n2cc(C(=O)OCC)nn2)c1. The molecule has 2 aromatic rings. The number of hydrogen-bond acceptors (Lipinski definition) is 6. The molecule has 2 rings (SSSR count). The van der Waals surface area contributed by atoms with Crippen LogP contribution in [0.1, 0.15) is 34.7 Å². The molecule has 0 aliphatic heterocycles. The number of nitrogens with one attached hydrogen (secondary N) is 1. The largest absolute Gasteiger partial charge is 0.506 e. The first-order valence-electron chi connectivity index (χ1n) is 6.77. The zero-order valence-electron chi connectivity index (χ0n) is 12.2. The van der Waals surface area contributed by atoms with Crippen molar-refractivity contribution in [1.29, 1.82) is 0 Å². The van der Waals surface area contributed by atoms with Gasteiger partial charge in [0.1, 0.15) is 11.4 Å². The molecule has 22 heavy (non-hydrogen) atoms. The van der Waals surface area contributed by atoms with E-state index in [1.165, 1.54) is 29.1 Å². The van der Waals surface area contributed by atoms with Gasteiger partial charge in [-0.2, -0.15) is 0 Å². The number of aromatic nitrogens is 3. The monoisotopic (exact) mass is 304 g/mol. The first-order chi connectivity index (χ1) is 10.6.